The molecule has 166 valence electrons. The Labute approximate surface area is 190 Å². The molecule has 1 aliphatic heterocycles. The van der Waals surface area contributed by atoms with Crippen molar-refractivity contribution in [1.82, 2.24) is 9.88 Å². The van der Waals surface area contributed by atoms with Gasteiger partial charge in [-0.2, -0.15) is 0 Å². The minimum absolute atomic E-state index is 0.368. The van der Waals surface area contributed by atoms with E-state index in [0.29, 0.717) is 17.5 Å². The van der Waals surface area contributed by atoms with E-state index in [1.165, 1.54) is 56.1 Å². The van der Waals surface area contributed by atoms with Gasteiger partial charge in [-0.1, -0.05) is 48.9 Å². The second kappa shape index (κ2) is 10.9. The number of likely N-dealkylation sites (tertiary alicyclic amines) is 1. The fraction of sp³-hybridized carbons (Fsp3) is 0.333. The molecule has 3 aromatic rings. The van der Waals surface area contributed by atoms with Crippen LogP contribution in [0.1, 0.15) is 59.6 Å². The minimum atomic E-state index is -0.496. The first-order valence-corrected chi connectivity index (χ1v) is 11.5. The molecule has 5 heteroatoms. The highest BCUT2D eigenvalue weighted by molar-refractivity contribution is 5.92. The predicted molar refractivity (Wildman–Crippen MR) is 127 cm³/mol. The molecular weight excluding hydrogens is 398 g/mol. The fourth-order valence-corrected chi connectivity index (χ4v) is 4.40. The zero-order valence-corrected chi connectivity index (χ0v) is 18.5. The minimum Gasteiger partial charge on any atom is -0.439 e. The van der Waals surface area contributed by atoms with Crippen molar-refractivity contribution >= 4 is 5.91 Å². The van der Waals surface area contributed by atoms with E-state index in [9.17, 15) is 4.79 Å². The van der Waals surface area contributed by atoms with Crippen molar-refractivity contribution in [2.75, 3.05) is 13.1 Å². The van der Waals surface area contributed by atoms with Gasteiger partial charge in [-0.3, -0.25) is 9.69 Å². The second-order valence-electron chi connectivity index (χ2n) is 8.41. The van der Waals surface area contributed by atoms with E-state index >= 15 is 0 Å². The van der Waals surface area contributed by atoms with Gasteiger partial charge in [-0.15, -0.1) is 0 Å². The van der Waals surface area contributed by atoms with Gasteiger partial charge in [-0.25, -0.2) is 4.98 Å². The molecular formula is C27H31N3O2. The van der Waals surface area contributed by atoms with Crippen LogP contribution in [-0.4, -0.2) is 28.9 Å². The third kappa shape index (κ3) is 5.95. The number of nitrogens with two attached hydrogens (primary N) is 1. The molecule has 1 amide bonds. The van der Waals surface area contributed by atoms with Crippen molar-refractivity contribution in [2.45, 2.75) is 44.6 Å². The van der Waals surface area contributed by atoms with Crippen LogP contribution in [-0.2, 0) is 6.42 Å². The van der Waals surface area contributed by atoms with E-state index in [-0.39, 0.29) is 0 Å². The maximum atomic E-state index is 11.2. The van der Waals surface area contributed by atoms with Gasteiger partial charge in [-0.05, 0) is 74.5 Å². The number of primary amides is 1. The van der Waals surface area contributed by atoms with Crippen LogP contribution < -0.4 is 10.5 Å². The monoisotopic (exact) mass is 429 g/mol. The van der Waals surface area contributed by atoms with Crippen LogP contribution in [0.5, 0.6) is 11.6 Å². The van der Waals surface area contributed by atoms with Gasteiger partial charge in [0, 0.05) is 18.3 Å². The van der Waals surface area contributed by atoms with Gasteiger partial charge in [0.15, 0.2) is 0 Å². The molecule has 0 spiro atoms. The van der Waals surface area contributed by atoms with E-state index in [2.05, 4.69) is 52.3 Å². The van der Waals surface area contributed by atoms with E-state index in [1.807, 2.05) is 12.1 Å². The molecule has 2 aromatic carbocycles. The summed E-state index contributed by atoms with van der Waals surface area (Å²) in [6.07, 6.45) is 8.75. The van der Waals surface area contributed by atoms with Crippen LogP contribution in [0, 0.1) is 0 Å². The zero-order valence-electron chi connectivity index (χ0n) is 18.5. The number of hydrogen-bond acceptors (Lipinski definition) is 4. The van der Waals surface area contributed by atoms with E-state index < -0.39 is 5.91 Å². The summed E-state index contributed by atoms with van der Waals surface area (Å²) < 4.78 is 5.86. The number of amides is 1. The number of ether oxygens (including phenoxy) is 1. The maximum Gasteiger partial charge on any atom is 0.250 e. The van der Waals surface area contributed by atoms with Crippen LogP contribution in [0.4, 0.5) is 0 Å². The summed E-state index contributed by atoms with van der Waals surface area (Å²) in [7, 11) is 0. The summed E-state index contributed by atoms with van der Waals surface area (Å²) in [6, 6.07) is 22.8. The van der Waals surface area contributed by atoms with Crippen LogP contribution in [0.15, 0.2) is 72.9 Å². The van der Waals surface area contributed by atoms with Crippen molar-refractivity contribution < 1.29 is 9.53 Å². The summed E-state index contributed by atoms with van der Waals surface area (Å²) in [5.41, 5.74) is 8.38. The van der Waals surface area contributed by atoms with Gasteiger partial charge in [0.05, 0.1) is 5.56 Å². The highest BCUT2D eigenvalue weighted by Gasteiger charge is 2.22. The highest BCUT2D eigenvalue weighted by atomic mass is 16.5. The molecule has 0 aliphatic carbocycles. The Morgan fingerprint density at radius 2 is 1.72 bits per heavy atom. The third-order valence-corrected chi connectivity index (χ3v) is 6.13. The molecule has 2 heterocycles. The number of piperidine rings is 1. The lowest BCUT2D eigenvalue weighted by Crippen LogP contribution is -2.33. The van der Waals surface area contributed by atoms with Crippen LogP contribution in [0.2, 0.25) is 0 Å². The van der Waals surface area contributed by atoms with Gasteiger partial charge in [0.25, 0.3) is 0 Å². The fourth-order valence-electron chi connectivity index (χ4n) is 4.40. The summed E-state index contributed by atoms with van der Waals surface area (Å²) >= 11 is 0. The Kier molecular flexibility index (Phi) is 7.51. The van der Waals surface area contributed by atoms with Crippen LogP contribution >= 0.6 is 0 Å². The van der Waals surface area contributed by atoms with Gasteiger partial charge < -0.3 is 10.5 Å². The van der Waals surface area contributed by atoms with Gasteiger partial charge in [0.1, 0.15) is 5.75 Å². The largest absolute Gasteiger partial charge is 0.439 e. The molecule has 4 rings (SSSR count). The van der Waals surface area contributed by atoms with Crippen molar-refractivity contribution in [2.24, 2.45) is 5.73 Å². The van der Waals surface area contributed by atoms with Crippen molar-refractivity contribution in [3.8, 4) is 11.6 Å². The van der Waals surface area contributed by atoms with Gasteiger partial charge >= 0.3 is 0 Å². The van der Waals surface area contributed by atoms with E-state index in [4.69, 9.17) is 10.5 Å². The molecule has 2 N–H and O–H groups in total. The Morgan fingerprint density at radius 1 is 0.969 bits per heavy atom. The molecule has 0 bridgehead atoms. The maximum absolute atomic E-state index is 11.2. The first-order chi connectivity index (χ1) is 15.7. The van der Waals surface area contributed by atoms with Crippen molar-refractivity contribution in [1.29, 1.82) is 0 Å². The first kappa shape index (κ1) is 22.0. The second-order valence-corrected chi connectivity index (χ2v) is 8.41. The molecule has 1 unspecified atom stereocenters. The summed E-state index contributed by atoms with van der Waals surface area (Å²) in [5.74, 6) is 0.678. The predicted octanol–water partition coefficient (Wildman–Crippen LogP) is 5.52. The quantitative estimate of drug-likeness (QED) is 0.486. The molecule has 1 atom stereocenters. The number of nitrogens with zero attached hydrogens (tertiary/aromatic N) is 2. The number of carbonyl (C=O) groups excluding carboxylic acids is 1. The molecule has 5 nitrogen and oxygen atoms in total. The number of rotatable bonds is 9. The topological polar surface area (TPSA) is 68.5 Å². The normalized spacial score (nSPS) is 15.2. The lowest BCUT2D eigenvalue weighted by Gasteiger charge is -2.35. The number of aromatic nitrogens is 1. The number of benzene rings is 2. The van der Waals surface area contributed by atoms with Gasteiger partial charge in [0.2, 0.25) is 11.8 Å². The highest BCUT2D eigenvalue weighted by Crippen LogP contribution is 2.31. The Balaban J connectivity index is 1.42. The SMILES string of the molecule is NC(=O)c1ccc(Oc2ccc(C(CCCc3ccccc3)N3CCCCC3)cc2)nc1. The molecule has 1 fully saturated rings. The van der Waals surface area contributed by atoms with Crippen molar-refractivity contribution in [3.05, 3.63) is 89.6 Å². The molecule has 32 heavy (non-hydrogen) atoms. The Morgan fingerprint density at radius 3 is 2.38 bits per heavy atom. The van der Waals surface area contributed by atoms with Crippen LogP contribution in [0.25, 0.3) is 0 Å². The van der Waals surface area contributed by atoms with Crippen molar-refractivity contribution in [3.63, 3.8) is 0 Å². The lowest BCUT2D eigenvalue weighted by atomic mass is 9.95. The lowest BCUT2D eigenvalue weighted by molar-refractivity contribution is 0.1000. The van der Waals surface area contributed by atoms with E-state index in [0.717, 1.165) is 18.6 Å². The van der Waals surface area contributed by atoms with Crippen LogP contribution in [0.3, 0.4) is 0 Å². The average Bonchev–Trinajstić information content (AvgIpc) is 2.84. The number of carbonyl (C=O) groups is 1. The Hall–Kier alpha value is -3.18. The molecule has 1 aromatic heterocycles. The zero-order chi connectivity index (χ0) is 22.2. The first-order valence-electron chi connectivity index (χ1n) is 11.5. The Bertz CT molecular complexity index is 982. The summed E-state index contributed by atoms with van der Waals surface area (Å²) in [4.78, 5) is 18.0. The molecule has 0 radical (unpaired) electrons. The number of pyridine rings is 1. The standard InChI is InChI=1S/C27H31N3O2/c28-27(31)23-14-17-26(29-20-23)32-24-15-12-22(13-16-24)25(30-18-5-2-6-19-30)11-7-10-21-8-3-1-4-9-21/h1,3-4,8-9,12-17,20,25H,2,5-7,10-11,18-19H2,(H2,28,31). The number of hydrogen-bond donors (Lipinski definition) is 1. The summed E-state index contributed by atoms with van der Waals surface area (Å²) in [6.45, 7) is 2.34. The average molecular weight is 430 g/mol. The van der Waals surface area contributed by atoms with E-state index in [1.54, 1.807) is 12.1 Å². The molecule has 1 aliphatic rings. The summed E-state index contributed by atoms with van der Waals surface area (Å²) in [5, 5.41) is 0. The smallest absolute Gasteiger partial charge is 0.250 e. The molecule has 0 saturated carbocycles. The third-order valence-electron chi connectivity index (χ3n) is 6.13. The number of aryl methyl sites for hydroxylation is 1. The molecule has 1 saturated heterocycles.